The standard InChI is InChI=1S/C9H11N5/c1-14-3-2-12-9(14)4-7-5-11-6-8(10)13-7/h2-3,5-6H,4H2,1H3,(H2,10,13). The maximum atomic E-state index is 5.52. The molecular weight excluding hydrogens is 178 g/mol. The van der Waals surface area contributed by atoms with Gasteiger partial charge in [0.05, 0.1) is 11.9 Å². The minimum atomic E-state index is 0.441. The lowest BCUT2D eigenvalue weighted by Gasteiger charge is -2.01. The van der Waals surface area contributed by atoms with Crippen molar-refractivity contribution in [3.63, 3.8) is 0 Å². The molecule has 72 valence electrons. The minimum absolute atomic E-state index is 0.441. The van der Waals surface area contributed by atoms with Crippen molar-refractivity contribution in [1.29, 1.82) is 0 Å². The Morgan fingerprint density at radius 1 is 1.43 bits per heavy atom. The van der Waals surface area contributed by atoms with E-state index in [-0.39, 0.29) is 0 Å². The van der Waals surface area contributed by atoms with Crippen LogP contribution in [0.5, 0.6) is 0 Å². The number of nitrogens with zero attached hydrogens (tertiary/aromatic N) is 4. The largest absolute Gasteiger partial charge is 0.382 e. The van der Waals surface area contributed by atoms with Crippen LogP contribution in [0.25, 0.3) is 0 Å². The zero-order valence-electron chi connectivity index (χ0n) is 7.88. The number of hydrogen-bond donors (Lipinski definition) is 1. The number of nitrogen functional groups attached to an aromatic ring is 1. The van der Waals surface area contributed by atoms with E-state index in [0.717, 1.165) is 11.5 Å². The van der Waals surface area contributed by atoms with E-state index in [4.69, 9.17) is 5.73 Å². The van der Waals surface area contributed by atoms with E-state index in [1.807, 2.05) is 17.8 Å². The Morgan fingerprint density at radius 3 is 2.93 bits per heavy atom. The second kappa shape index (κ2) is 3.45. The van der Waals surface area contributed by atoms with E-state index in [0.29, 0.717) is 12.2 Å². The van der Waals surface area contributed by atoms with E-state index in [1.54, 1.807) is 12.4 Å². The molecule has 0 bridgehead atoms. The van der Waals surface area contributed by atoms with Crippen molar-refractivity contribution in [3.8, 4) is 0 Å². The zero-order valence-corrected chi connectivity index (χ0v) is 7.88. The Bertz CT molecular complexity index is 434. The Morgan fingerprint density at radius 2 is 2.29 bits per heavy atom. The van der Waals surface area contributed by atoms with Crippen molar-refractivity contribution in [3.05, 3.63) is 36.3 Å². The highest BCUT2D eigenvalue weighted by atomic mass is 15.0. The number of anilines is 1. The average molecular weight is 189 g/mol. The third kappa shape index (κ3) is 1.71. The molecule has 2 aromatic rings. The lowest BCUT2D eigenvalue weighted by atomic mass is 10.3. The fraction of sp³-hybridized carbons (Fsp3) is 0.222. The van der Waals surface area contributed by atoms with Gasteiger partial charge in [0.2, 0.25) is 0 Å². The van der Waals surface area contributed by atoms with Crippen LogP contribution in [-0.4, -0.2) is 19.5 Å². The van der Waals surface area contributed by atoms with Crippen LogP contribution in [0.1, 0.15) is 11.5 Å². The summed E-state index contributed by atoms with van der Waals surface area (Å²) in [6.07, 6.45) is 7.54. The fourth-order valence-corrected chi connectivity index (χ4v) is 1.24. The highest BCUT2D eigenvalue weighted by Crippen LogP contribution is 2.04. The van der Waals surface area contributed by atoms with Gasteiger partial charge in [-0.3, -0.25) is 4.98 Å². The fourth-order valence-electron chi connectivity index (χ4n) is 1.24. The summed E-state index contributed by atoms with van der Waals surface area (Å²) in [6, 6.07) is 0. The van der Waals surface area contributed by atoms with Gasteiger partial charge in [-0.15, -0.1) is 0 Å². The first-order chi connectivity index (χ1) is 6.75. The number of nitrogens with two attached hydrogens (primary N) is 1. The monoisotopic (exact) mass is 189 g/mol. The lowest BCUT2D eigenvalue weighted by molar-refractivity contribution is 0.809. The van der Waals surface area contributed by atoms with Gasteiger partial charge < -0.3 is 10.3 Å². The van der Waals surface area contributed by atoms with Crippen LogP contribution in [0.3, 0.4) is 0 Å². The predicted octanol–water partition coefficient (Wildman–Crippen LogP) is 0.383. The number of imidazole rings is 1. The lowest BCUT2D eigenvalue weighted by Crippen LogP contribution is -2.02. The molecule has 0 unspecified atom stereocenters. The van der Waals surface area contributed by atoms with Crippen molar-refractivity contribution in [2.24, 2.45) is 7.05 Å². The Hall–Kier alpha value is -1.91. The number of hydrogen-bond acceptors (Lipinski definition) is 4. The van der Waals surface area contributed by atoms with Crippen LogP contribution in [0.4, 0.5) is 5.82 Å². The first-order valence-electron chi connectivity index (χ1n) is 4.28. The van der Waals surface area contributed by atoms with Gasteiger partial charge in [0.25, 0.3) is 0 Å². The molecule has 0 aliphatic heterocycles. The zero-order chi connectivity index (χ0) is 9.97. The Balaban J connectivity index is 2.23. The summed E-state index contributed by atoms with van der Waals surface area (Å²) < 4.78 is 1.95. The van der Waals surface area contributed by atoms with E-state index < -0.39 is 0 Å². The second-order valence-corrected chi connectivity index (χ2v) is 3.07. The third-order valence-corrected chi connectivity index (χ3v) is 1.96. The molecule has 0 fully saturated rings. The molecule has 0 aliphatic carbocycles. The molecule has 0 amide bonds. The summed E-state index contributed by atoms with van der Waals surface area (Å²) in [5.41, 5.74) is 6.36. The third-order valence-electron chi connectivity index (χ3n) is 1.96. The molecule has 0 atom stereocenters. The molecule has 2 heterocycles. The van der Waals surface area contributed by atoms with Crippen LogP contribution in [0.15, 0.2) is 24.8 Å². The average Bonchev–Trinajstić information content (AvgIpc) is 2.52. The summed E-state index contributed by atoms with van der Waals surface area (Å²) in [5.74, 6) is 1.39. The molecule has 0 radical (unpaired) electrons. The number of aryl methyl sites for hydroxylation is 1. The predicted molar refractivity (Wildman–Crippen MR) is 52.5 cm³/mol. The van der Waals surface area contributed by atoms with Crippen LogP contribution >= 0.6 is 0 Å². The SMILES string of the molecule is Cn1ccnc1Cc1cncc(N)n1. The molecule has 0 saturated heterocycles. The highest BCUT2D eigenvalue weighted by Gasteiger charge is 2.02. The molecule has 0 aromatic carbocycles. The van der Waals surface area contributed by atoms with Crippen molar-refractivity contribution in [2.45, 2.75) is 6.42 Å². The normalized spacial score (nSPS) is 10.4. The van der Waals surface area contributed by atoms with Gasteiger partial charge in [-0.1, -0.05) is 0 Å². The van der Waals surface area contributed by atoms with Crippen molar-refractivity contribution in [1.82, 2.24) is 19.5 Å². The summed E-state index contributed by atoms with van der Waals surface area (Å²) in [7, 11) is 1.95. The number of aromatic nitrogens is 4. The van der Waals surface area contributed by atoms with Crippen LogP contribution in [0.2, 0.25) is 0 Å². The van der Waals surface area contributed by atoms with E-state index in [1.165, 1.54) is 6.20 Å². The van der Waals surface area contributed by atoms with E-state index in [9.17, 15) is 0 Å². The Labute approximate surface area is 81.6 Å². The summed E-state index contributed by atoms with van der Waals surface area (Å²) >= 11 is 0. The molecule has 0 aliphatic rings. The molecule has 2 rings (SSSR count). The molecule has 0 saturated carbocycles. The smallest absolute Gasteiger partial charge is 0.142 e. The van der Waals surface area contributed by atoms with Gasteiger partial charge in [0.15, 0.2) is 0 Å². The second-order valence-electron chi connectivity index (χ2n) is 3.07. The molecule has 5 nitrogen and oxygen atoms in total. The molecular formula is C9H11N5. The molecule has 14 heavy (non-hydrogen) atoms. The summed E-state index contributed by atoms with van der Waals surface area (Å²) in [6.45, 7) is 0. The van der Waals surface area contributed by atoms with Gasteiger partial charge in [-0.2, -0.15) is 0 Å². The van der Waals surface area contributed by atoms with Gasteiger partial charge >= 0.3 is 0 Å². The summed E-state index contributed by atoms with van der Waals surface area (Å²) in [4.78, 5) is 12.3. The number of rotatable bonds is 2. The molecule has 5 heteroatoms. The quantitative estimate of drug-likeness (QED) is 0.741. The van der Waals surface area contributed by atoms with Crippen molar-refractivity contribution < 1.29 is 0 Å². The maximum Gasteiger partial charge on any atom is 0.142 e. The van der Waals surface area contributed by atoms with Gasteiger partial charge in [-0.25, -0.2) is 9.97 Å². The minimum Gasteiger partial charge on any atom is -0.382 e. The molecule has 0 spiro atoms. The van der Waals surface area contributed by atoms with Crippen molar-refractivity contribution >= 4 is 5.82 Å². The van der Waals surface area contributed by atoms with Crippen LogP contribution in [0, 0.1) is 0 Å². The summed E-state index contributed by atoms with van der Waals surface area (Å²) in [5, 5.41) is 0. The molecule has 2 aromatic heterocycles. The van der Waals surface area contributed by atoms with E-state index in [2.05, 4.69) is 15.0 Å². The van der Waals surface area contributed by atoms with E-state index >= 15 is 0 Å². The Kier molecular flexibility index (Phi) is 2.14. The first-order valence-corrected chi connectivity index (χ1v) is 4.28. The maximum absolute atomic E-state index is 5.52. The molecule has 2 N–H and O–H groups in total. The first kappa shape index (κ1) is 8.68. The van der Waals surface area contributed by atoms with Crippen LogP contribution in [-0.2, 0) is 13.5 Å². The van der Waals surface area contributed by atoms with Gasteiger partial charge in [0, 0.05) is 32.1 Å². The topological polar surface area (TPSA) is 69.6 Å². The van der Waals surface area contributed by atoms with Crippen molar-refractivity contribution in [2.75, 3.05) is 5.73 Å². The van der Waals surface area contributed by atoms with Crippen LogP contribution < -0.4 is 5.73 Å². The highest BCUT2D eigenvalue weighted by molar-refractivity contribution is 5.24. The van der Waals surface area contributed by atoms with Gasteiger partial charge in [-0.05, 0) is 0 Å². The van der Waals surface area contributed by atoms with Gasteiger partial charge in [0.1, 0.15) is 11.6 Å².